The Morgan fingerprint density at radius 1 is 1.03 bits per heavy atom. The van der Waals surface area contributed by atoms with Crippen molar-refractivity contribution in [2.24, 2.45) is 0 Å². The molecule has 162 valence electrons. The molecular formula is C26H34O4. The van der Waals surface area contributed by atoms with Crippen molar-refractivity contribution in [3.8, 4) is 0 Å². The first-order valence-corrected chi connectivity index (χ1v) is 11.4. The summed E-state index contributed by atoms with van der Waals surface area (Å²) in [6.07, 6.45) is 4.64. The molecule has 0 radical (unpaired) electrons. The zero-order chi connectivity index (χ0) is 20.9. The van der Waals surface area contributed by atoms with Gasteiger partial charge in [-0.25, -0.2) is 0 Å². The molecule has 1 saturated carbocycles. The standard InChI is InChI=1S/C26H34O4/c1-2-29-12-11-18-3-5-19(6-4-18)13-22-14-21(9-10-25(22)20-7-8-20)26-16-23(28)15-24(17-27)30-26/h3-6,9-10,14,20,23-24,26-28H,2,7-8,11-13,15-17H2,1H3/t23-,24-,26+/m0/s1. The summed E-state index contributed by atoms with van der Waals surface area (Å²) in [5.41, 5.74) is 6.55. The molecule has 4 rings (SSSR count). The van der Waals surface area contributed by atoms with Crippen molar-refractivity contribution < 1.29 is 19.7 Å². The molecule has 0 unspecified atom stereocenters. The summed E-state index contributed by atoms with van der Waals surface area (Å²) in [5, 5.41) is 19.7. The van der Waals surface area contributed by atoms with Crippen LogP contribution in [-0.2, 0) is 22.3 Å². The Labute approximate surface area is 179 Å². The lowest BCUT2D eigenvalue weighted by Gasteiger charge is -2.33. The SMILES string of the molecule is CCOCCc1ccc(Cc2cc([C@H]3C[C@@H](O)C[C@@H](CO)O3)ccc2C2CC2)cc1. The quantitative estimate of drug-likeness (QED) is 0.605. The Hall–Kier alpha value is -1.72. The highest BCUT2D eigenvalue weighted by Crippen LogP contribution is 2.43. The largest absolute Gasteiger partial charge is 0.394 e. The normalized spacial score (nSPS) is 24.2. The minimum absolute atomic E-state index is 0.0454. The van der Waals surface area contributed by atoms with Gasteiger partial charge in [0.15, 0.2) is 0 Å². The second-order valence-electron chi connectivity index (χ2n) is 8.73. The zero-order valence-electron chi connectivity index (χ0n) is 17.9. The van der Waals surface area contributed by atoms with E-state index in [-0.39, 0.29) is 18.8 Å². The van der Waals surface area contributed by atoms with Crippen LogP contribution in [0.15, 0.2) is 42.5 Å². The van der Waals surface area contributed by atoms with Crippen LogP contribution in [0, 0.1) is 0 Å². The molecule has 3 atom stereocenters. The van der Waals surface area contributed by atoms with Gasteiger partial charge < -0.3 is 19.7 Å². The van der Waals surface area contributed by atoms with Crippen molar-refractivity contribution >= 4 is 0 Å². The van der Waals surface area contributed by atoms with Gasteiger partial charge in [-0.2, -0.15) is 0 Å². The molecule has 1 heterocycles. The van der Waals surface area contributed by atoms with E-state index in [4.69, 9.17) is 9.47 Å². The topological polar surface area (TPSA) is 58.9 Å². The number of aliphatic hydroxyl groups is 2. The van der Waals surface area contributed by atoms with Crippen molar-refractivity contribution in [1.82, 2.24) is 0 Å². The van der Waals surface area contributed by atoms with E-state index in [1.807, 2.05) is 6.92 Å². The van der Waals surface area contributed by atoms with Gasteiger partial charge in [0.25, 0.3) is 0 Å². The lowest BCUT2D eigenvalue weighted by atomic mass is 9.90. The van der Waals surface area contributed by atoms with Crippen LogP contribution in [0.25, 0.3) is 0 Å². The lowest BCUT2D eigenvalue weighted by Crippen LogP contribution is -2.33. The van der Waals surface area contributed by atoms with E-state index in [1.54, 1.807) is 0 Å². The average molecular weight is 411 g/mol. The minimum atomic E-state index is -0.420. The van der Waals surface area contributed by atoms with Crippen LogP contribution in [0.3, 0.4) is 0 Å². The Morgan fingerprint density at radius 3 is 2.50 bits per heavy atom. The summed E-state index contributed by atoms with van der Waals surface area (Å²) in [5.74, 6) is 0.683. The minimum Gasteiger partial charge on any atom is -0.394 e. The molecule has 0 bridgehead atoms. The second-order valence-corrected chi connectivity index (χ2v) is 8.73. The van der Waals surface area contributed by atoms with Crippen molar-refractivity contribution in [3.63, 3.8) is 0 Å². The van der Waals surface area contributed by atoms with Gasteiger partial charge in [0, 0.05) is 19.4 Å². The molecule has 1 aliphatic heterocycles. The first-order valence-electron chi connectivity index (χ1n) is 11.4. The maximum absolute atomic E-state index is 10.2. The van der Waals surface area contributed by atoms with Crippen molar-refractivity contribution in [2.45, 2.75) is 69.7 Å². The van der Waals surface area contributed by atoms with Crippen LogP contribution in [0.4, 0.5) is 0 Å². The van der Waals surface area contributed by atoms with E-state index in [0.29, 0.717) is 18.8 Å². The highest BCUT2D eigenvalue weighted by atomic mass is 16.5. The van der Waals surface area contributed by atoms with Crippen LogP contribution >= 0.6 is 0 Å². The number of hydrogen-bond donors (Lipinski definition) is 2. The summed E-state index contributed by atoms with van der Waals surface area (Å²) in [6, 6.07) is 15.6. The first kappa shape index (κ1) is 21.5. The van der Waals surface area contributed by atoms with Gasteiger partial charge in [0.1, 0.15) is 0 Å². The molecule has 1 saturated heterocycles. The van der Waals surface area contributed by atoms with Gasteiger partial charge in [-0.05, 0) is 66.3 Å². The summed E-state index contributed by atoms with van der Waals surface area (Å²) in [6.45, 7) is 3.51. The highest BCUT2D eigenvalue weighted by Gasteiger charge is 2.31. The number of hydrogen-bond acceptors (Lipinski definition) is 4. The molecule has 0 spiro atoms. The fraction of sp³-hybridized carbons (Fsp3) is 0.538. The first-order chi connectivity index (χ1) is 14.7. The van der Waals surface area contributed by atoms with Gasteiger partial charge >= 0.3 is 0 Å². The fourth-order valence-electron chi connectivity index (χ4n) is 4.47. The molecule has 1 aliphatic carbocycles. The molecule has 2 fully saturated rings. The molecule has 30 heavy (non-hydrogen) atoms. The molecule has 0 aromatic heterocycles. The summed E-state index contributed by atoms with van der Waals surface area (Å²) < 4.78 is 11.5. The van der Waals surface area contributed by atoms with Crippen LogP contribution < -0.4 is 0 Å². The molecule has 4 nitrogen and oxygen atoms in total. The Balaban J connectivity index is 1.51. The predicted octanol–water partition coefficient (Wildman–Crippen LogP) is 4.31. The maximum atomic E-state index is 10.2. The predicted molar refractivity (Wildman–Crippen MR) is 118 cm³/mol. The van der Waals surface area contributed by atoms with Crippen LogP contribution in [0.1, 0.15) is 72.4 Å². The highest BCUT2D eigenvalue weighted by molar-refractivity contribution is 5.41. The van der Waals surface area contributed by atoms with E-state index >= 15 is 0 Å². The Morgan fingerprint density at radius 2 is 1.80 bits per heavy atom. The van der Waals surface area contributed by atoms with E-state index in [2.05, 4.69) is 42.5 Å². The number of benzene rings is 2. The third kappa shape index (κ3) is 5.50. The maximum Gasteiger partial charge on any atom is 0.0854 e. The third-order valence-corrected chi connectivity index (χ3v) is 6.29. The Kier molecular flexibility index (Phi) is 7.21. The number of ether oxygens (including phenoxy) is 2. The number of aliphatic hydroxyl groups excluding tert-OH is 2. The monoisotopic (exact) mass is 410 g/mol. The molecule has 2 aromatic rings. The third-order valence-electron chi connectivity index (χ3n) is 6.29. The van der Waals surface area contributed by atoms with E-state index in [0.717, 1.165) is 31.6 Å². The smallest absolute Gasteiger partial charge is 0.0854 e. The zero-order valence-corrected chi connectivity index (χ0v) is 17.9. The van der Waals surface area contributed by atoms with Crippen LogP contribution in [-0.4, -0.2) is 42.2 Å². The molecule has 2 aromatic carbocycles. The van der Waals surface area contributed by atoms with Gasteiger partial charge in [-0.1, -0.05) is 42.5 Å². The van der Waals surface area contributed by atoms with Crippen LogP contribution in [0.5, 0.6) is 0 Å². The fourth-order valence-corrected chi connectivity index (χ4v) is 4.47. The molecule has 2 N–H and O–H groups in total. The summed E-state index contributed by atoms with van der Waals surface area (Å²) in [7, 11) is 0. The van der Waals surface area contributed by atoms with Gasteiger partial charge in [-0.3, -0.25) is 0 Å². The lowest BCUT2D eigenvalue weighted by molar-refractivity contribution is -0.113. The van der Waals surface area contributed by atoms with Gasteiger partial charge in [0.2, 0.25) is 0 Å². The summed E-state index contributed by atoms with van der Waals surface area (Å²) >= 11 is 0. The molecule has 0 amide bonds. The van der Waals surface area contributed by atoms with Crippen molar-refractivity contribution in [2.75, 3.05) is 19.8 Å². The Bertz CT molecular complexity index is 812. The number of rotatable bonds is 9. The van der Waals surface area contributed by atoms with E-state index in [1.165, 1.54) is 35.1 Å². The average Bonchev–Trinajstić information content (AvgIpc) is 3.60. The van der Waals surface area contributed by atoms with E-state index < -0.39 is 6.10 Å². The molecule has 2 aliphatic rings. The van der Waals surface area contributed by atoms with E-state index in [9.17, 15) is 10.2 Å². The van der Waals surface area contributed by atoms with Gasteiger partial charge in [0.05, 0.1) is 31.5 Å². The van der Waals surface area contributed by atoms with Crippen molar-refractivity contribution in [1.29, 1.82) is 0 Å². The second kappa shape index (κ2) is 10.1. The van der Waals surface area contributed by atoms with Crippen molar-refractivity contribution in [3.05, 3.63) is 70.3 Å². The molecule has 4 heteroatoms. The molecular weight excluding hydrogens is 376 g/mol. The van der Waals surface area contributed by atoms with Crippen LogP contribution in [0.2, 0.25) is 0 Å². The van der Waals surface area contributed by atoms with Gasteiger partial charge in [-0.15, -0.1) is 0 Å². The summed E-state index contributed by atoms with van der Waals surface area (Å²) in [4.78, 5) is 0.